The van der Waals surface area contributed by atoms with Crippen LogP contribution in [-0.4, -0.2) is 23.7 Å². The first-order chi connectivity index (χ1) is 4.63. The van der Waals surface area contributed by atoms with Crippen molar-refractivity contribution in [3.05, 3.63) is 0 Å². The van der Waals surface area contributed by atoms with Crippen molar-refractivity contribution in [1.82, 2.24) is 5.32 Å². The standard InChI is InChI=1S/C7H13NO2/c1-4-3-8-6(5(4)2)7(9)10/h4-6,8H,3H2,1-2H3,(H,9,10)/t4?,5?,6-/m1/s1. The van der Waals surface area contributed by atoms with Gasteiger partial charge >= 0.3 is 5.97 Å². The van der Waals surface area contributed by atoms with E-state index in [1.165, 1.54) is 0 Å². The van der Waals surface area contributed by atoms with Crippen LogP contribution < -0.4 is 5.32 Å². The summed E-state index contributed by atoms with van der Waals surface area (Å²) >= 11 is 0. The number of hydrogen-bond acceptors (Lipinski definition) is 2. The fourth-order valence-corrected chi connectivity index (χ4v) is 1.33. The Hall–Kier alpha value is -0.570. The molecule has 1 rings (SSSR count). The molecule has 0 saturated carbocycles. The van der Waals surface area contributed by atoms with Gasteiger partial charge in [0.25, 0.3) is 0 Å². The van der Waals surface area contributed by atoms with Gasteiger partial charge in [-0.15, -0.1) is 0 Å². The molecule has 2 unspecified atom stereocenters. The van der Waals surface area contributed by atoms with E-state index in [9.17, 15) is 4.79 Å². The van der Waals surface area contributed by atoms with Crippen LogP contribution in [0.4, 0.5) is 0 Å². The summed E-state index contributed by atoms with van der Waals surface area (Å²) in [5.74, 6) is 0.0236. The molecular formula is C7H13NO2. The Morgan fingerprint density at radius 2 is 2.20 bits per heavy atom. The highest BCUT2D eigenvalue weighted by Crippen LogP contribution is 2.20. The van der Waals surface area contributed by atoms with E-state index < -0.39 is 5.97 Å². The lowest BCUT2D eigenvalue weighted by molar-refractivity contribution is -0.140. The zero-order valence-corrected chi connectivity index (χ0v) is 6.29. The number of carboxylic acids is 1. The molecule has 58 valence electrons. The van der Waals surface area contributed by atoms with Crippen LogP contribution in [0, 0.1) is 11.8 Å². The number of carbonyl (C=O) groups is 1. The summed E-state index contributed by atoms with van der Waals surface area (Å²) in [4.78, 5) is 10.5. The van der Waals surface area contributed by atoms with Crippen molar-refractivity contribution in [2.45, 2.75) is 19.9 Å². The maximum absolute atomic E-state index is 10.5. The Labute approximate surface area is 60.4 Å². The fraction of sp³-hybridized carbons (Fsp3) is 0.857. The van der Waals surface area contributed by atoms with Crippen molar-refractivity contribution in [2.24, 2.45) is 11.8 Å². The number of rotatable bonds is 1. The van der Waals surface area contributed by atoms with E-state index in [0.717, 1.165) is 6.54 Å². The summed E-state index contributed by atoms with van der Waals surface area (Å²) in [7, 11) is 0. The first-order valence-electron chi connectivity index (χ1n) is 3.59. The lowest BCUT2D eigenvalue weighted by atomic mass is 9.94. The summed E-state index contributed by atoms with van der Waals surface area (Å²) < 4.78 is 0. The van der Waals surface area contributed by atoms with Crippen LogP contribution in [0.1, 0.15) is 13.8 Å². The Morgan fingerprint density at radius 1 is 1.60 bits per heavy atom. The predicted molar refractivity (Wildman–Crippen MR) is 37.8 cm³/mol. The number of hydrogen-bond donors (Lipinski definition) is 2. The molecule has 0 aromatic heterocycles. The maximum atomic E-state index is 10.5. The van der Waals surface area contributed by atoms with Crippen LogP contribution in [0.5, 0.6) is 0 Å². The van der Waals surface area contributed by atoms with Crippen LogP contribution in [-0.2, 0) is 4.79 Å². The molecule has 1 saturated heterocycles. The van der Waals surface area contributed by atoms with Gasteiger partial charge < -0.3 is 10.4 Å². The van der Waals surface area contributed by atoms with E-state index >= 15 is 0 Å². The Balaban J connectivity index is 2.57. The van der Waals surface area contributed by atoms with Gasteiger partial charge in [0.05, 0.1) is 0 Å². The van der Waals surface area contributed by atoms with Gasteiger partial charge in [-0.05, 0) is 18.4 Å². The fourth-order valence-electron chi connectivity index (χ4n) is 1.33. The smallest absolute Gasteiger partial charge is 0.320 e. The molecule has 3 atom stereocenters. The third-order valence-electron chi connectivity index (χ3n) is 2.35. The van der Waals surface area contributed by atoms with E-state index in [0.29, 0.717) is 5.92 Å². The molecule has 3 nitrogen and oxygen atoms in total. The molecule has 1 aliphatic rings. The second kappa shape index (κ2) is 2.58. The minimum atomic E-state index is -0.725. The predicted octanol–water partition coefficient (Wildman–Crippen LogP) is 0.315. The zero-order chi connectivity index (χ0) is 7.72. The second-order valence-corrected chi connectivity index (χ2v) is 3.06. The van der Waals surface area contributed by atoms with Crippen molar-refractivity contribution in [3.63, 3.8) is 0 Å². The molecule has 0 aromatic rings. The minimum absolute atomic E-state index is 0.262. The quantitative estimate of drug-likeness (QED) is 0.555. The number of nitrogens with one attached hydrogen (secondary N) is 1. The van der Waals surface area contributed by atoms with Crippen molar-refractivity contribution in [2.75, 3.05) is 6.54 Å². The summed E-state index contributed by atoms with van der Waals surface area (Å²) in [5, 5.41) is 11.6. The van der Waals surface area contributed by atoms with Gasteiger partial charge in [0, 0.05) is 0 Å². The van der Waals surface area contributed by atoms with Gasteiger partial charge in [-0.1, -0.05) is 13.8 Å². The van der Waals surface area contributed by atoms with Gasteiger partial charge in [-0.3, -0.25) is 4.79 Å². The average Bonchev–Trinajstić information content (AvgIpc) is 2.14. The van der Waals surface area contributed by atoms with E-state index in [1.807, 2.05) is 6.92 Å². The highest BCUT2D eigenvalue weighted by Gasteiger charge is 2.33. The highest BCUT2D eigenvalue weighted by molar-refractivity contribution is 5.74. The third kappa shape index (κ3) is 1.14. The zero-order valence-electron chi connectivity index (χ0n) is 6.29. The van der Waals surface area contributed by atoms with Crippen molar-refractivity contribution >= 4 is 5.97 Å². The van der Waals surface area contributed by atoms with Crippen LogP contribution >= 0.6 is 0 Å². The van der Waals surface area contributed by atoms with Crippen molar-refractivity contribution in [3.8, 4) is 0 Å². The SMILES string of the molecule is CC1CN[C@@H](C(=O)O)C1C. The number of carboxylic acid groups (broad SMARTS) is 1. The summed E-state index contributed by atoms with van der Waals surface area (Å²) in [5.41, 5.74) is 0. The molecule has 0 radical (unpaired) electrons. The molecule has 2 N–H and O–H groups in total. The average molecular weight is 143 g/mol. The van der Waals surface area contributed by atoms with Crippen LogP contribution in [0.25, 0.3) is 0 Å². The van der Waals surface area contributed by atoms with Gasteiger partial charge in [0.15, 0.2) is 0 Å². The van der Waals surface area contributed by atoms with Crippen LogP contribution in [0.15, 0.2) is 0 Å². The molecule has 1 aliphatic heterocycles. The largest absolute Gasteiger partial charge is 0.480 e. The second-order valence-electron chi connectivity index (χ2n) is 3.06. The molecule has 0 bridgehead atoms. The highest BCUT2D eigenvalue weighted by atomic mass is 16.4. The van der Waals surface area contributed by atoms with E-state index in [4.69, 9.17) is 5.11 Å². The van der Waals surface area contributed by atoms with Crippen molar-refractivity contribution < 1.29 is 9.90 Å². The van der Waals surface area contributed by atoms with E-state index in [2.05, 4.69) is 12.2 Å². The Kier molecular flexibility index (Phi) is 1.94. The molecule has 1 fully saturated rings. The van der Waals surface area contributed by atoms with Gasteiger partial charge in [0.1, 0.15) is 6.04 Å². The van der Waals surface area contributed by atoms with Gasteiger partial charge in [-0.25, -0.2) is 0 Å². The molecule has 0 amide bonds. The van der Waals surface area contributed by atoms with Crippen molar-refractivity contribution in [1.29, 1.82) is 0 Å². The number of aliphatic carboxylic acids is 1. The van der Waals surface area contributed by atoms with E-state index in [-0.39, 0.29) is 12.0 Å². The molecule has 10 heavy (non-hydrogen) atoms. The third-order valence-corrected chi connectivity index (χ3v) is 2.35. The lowest BCUT2D eigenvalue weighted by Gasteiger charge is -2.11. The monoisotopic (exact) mass is 143 g/mol. The molecule has 3 heteroatoms. The molecule has 0 aliphatic carbocycles. The molecule has 0 aromatic carbocycles. The van der Waals surface area contributed by atoms with Gasteiger partial charge in [-0.2, -0.15) is 0 Å². The Morgan fingerprint density at radius 3 is 2.40 bits per heavy atom. The first kappa shape index (κ1) is 7.54. The molecule has 0 spiro atoms. The normalized spacial score (nSPS) is 40.0. The van der Waals surface area contributed by atoms with Crippen LogP contribution in [0.3, 0.4) is 0 Å². The summed E-state index contributed by atoms with van der Waals surface area (Å²) in [6.45, 7) is 4.88. The first-order valence-corrected chi connectivity index (χ1v) is 3.59. The summed E-state index contributed by atoms with van der Waals surface area (Å²) in [6, 6.07) is -0.324. The molecular weight excluding hydrogens is 130 g/mol. The minimum Gasteiger partial charge on any atom is -0.480 e. The maximum Gasteiger partial charge on any atom is 0.320 e. The topological polar surface area (TPSA) is 49.3 Å². The van der Waals surface area contributed by atoms with Crippen LogP contribution in [0.2, 0.25) is 0 Å². The Bertz CT molecular complexity index is 147. The van der Waals surface area contributed by atoms with E-state index in [1.54, 1.807) is 0 Å². The van der Waals surface area contributed by atoms with Gasteiger partial charge in [0.2, 0.25) is 0 Å². The lowest BCUT2D eigenvalue weighted by Crippen LogP contribution is -2.34. The summed E-state index contributed by atoms with van der Waals surface area (Å²) in [6.07, 6.45) is 0. The molecule has 1 heterocycles.